The van der Waals surface area contributed by atoms with Crippen LogP contribution in [-0.2, 0) is 11.2 Å². The van der Waals surface area contributed by atoms with Crippen LogP contribution in [0, 0.1) is 0 Å². The number of hydrogen-bond acceptors (Lipinski definition) is 4. The molecule has 0 bridgehead atoms. The lowest BCUT2D eigenvalue weighted by Gasteiger charge is -2.29. The molecule has 2 amide bonds. The number of rotatable bonds is 3. The number of aromatic nitrogens is 2. The van der Waals surface area contributed by atoms with Crippen molar-refractivity contribution >= 4 is 34.1 Å². The van der Waals surface area contributed by atoms with E-state index in [-0.39, 0.29) is 11.8 Å². The van der Waals surface area contributed by atoms with Crippen LogP contribution in [0.1, 0.15) is 29.3 Å². The number of aryl methyl sites for hydroxylation is 1. The molecule has 2 aromatic heterocycles. The monoisotopic (exact) mass is 422 g/mol. The van der Waals surface area contributed by atoms with Crippen molar-refractivity contribution in [1.29, 1.82) is 0 Å². The fourth-order valence-corrected chi connectivity index (χ4v) is 4.23. The van der Waals surface area contributed by atoms with Crippen molar-refractivity contribution in [3.8, 4) is 11.3 Å². The van der Waals surface area contributed by atoms with E-state index in [2.05, 4.69) is 10.3 Å². The molecule has 0 aliphatic carbocycles. The van der Waals surface area contributed by atoms with Gasteiger partial charge in [0, 0.05) is 48.2 Å². The molecule has 5 rings (SSSR count). The van der Waals surface area contributed by atoms with Crippen LogP contribution >= 0.6 is 0 Å². The SMILES string of the molecule is CC(=O)N1CCCc2cc(NC(=O)c3cc(-c4ccncc4)nc4ccccc34)ccc21. The Morgan fingerprint density at radius 2 is 1.81 bits per heavy atom. The van der Waals surface area contributed by atoms with Gasteiger partial charge < -0.3 is 10.2 Å². The summed E-state index contributed by atoms with van der Waals surface area (Å²) in [5, 5.41) is 3.84. The summed E-state index contributed by atoms with van der Waals surface area (Å²) >= 11 is 0. The number of para-hydroxylation sites is 1. The number of hydrogen-bond donors (Lipinski definition) is 1. The van der Waals surface area contributed by atoms with Crippen LogP contribution in [0.4, 0.5) is 11.4 Å². The molecule has 4 aromatic rings. The summed E-state index contributed by atoms with van der Waals surface area (Å²) in [5.41, 5.74) is 5.65. The largest absolute Gasteiger partial charge is 0.322 e. The quantitative estimate of drug-likeness (QED) is 0.512. The minimum Gasteiger partial charge on any atom is -0.322 e. The highest BCUT2D eigenvalue weighted by atomic mass is 16.2. The molecule has 158 valence electrons. The molecule has 3 heterocycles. The Labute approximate surface area is 185 Å². The number of carbonyl (C=O) groups excluding carboxylic acids is 2. The van der Waals surface area contributed by atoms with E-state index in [1.807, 2.05) is 60.7 Å². The van der Waals surface area contributed by atoms with Gasteiger partial charge in [-0.3, -0.25) is 14.6 Å². The molecule has 1 aliphatic rings. The molecule has 0 fully saturated rings. The van der Waals surface area contributed by atoms with E-state index in [9.17, 15) is 9.59 Å². The maximum absolute atomic E-state index is 13.3. The zero-order chi connectivity index (χ0) is 22.1. The van der Waals surface area contributed by atoms with Gasteiger partial charge >= 0.3 is 0 Å². The van der Waals surface area contributed by atoms with Gasteiger partial charge in [-0.25, -0.2) is 4.98 Å². The molecule has 6 nitrogen and oxygen atoms in total. The molecule has 0 saturated heterocycles. The summed E-state index contributed by atoms with van der Waals surface area (Å²) in [4.78, 5) is 35.9. The van der Waals surface area contributed by atoms with Gasteiger partial charge in [-0.15, -0.1) is 0 Å². The van der Waals surface area contributed by atoms with Gasteiger partial charge in [0.2, 0.25) is 5.91 Å². The first-order chi connectivity index (χ1) is 15.6. The highest BCUT2D eigenvalue weighted by Gasteiger charge is 2.21. The number of nitrogens with zero attached hydrogens (tertiary/aromatic N) is 3. The summed E-state index contributed by atoms with van der Waals surface area (Å²) in [7, 11) is 0. The molecule has 0 radical (unpaired) electrons. The fourth-order valence-electron chi connectivity index (χ4n) is 4.23. The van der Waals surface area contributed by atoms with Gasteiger partial charge in [-0.2, -0.15) is 0 Å². The van der Waals surface area contributed by atoms with Crippen molar-refractivity contribution < 1.29 is 9.59 Å². The van der Waals surface area contributed by atoms with Crippen LogP contribution in [0.5, 0.6) is 0 Å². The van der Waals surface area contributed by atoms with E-state index in [4.69, 9.17) is 4.98 Å². The van der Waals surface area contributed by atoms with E-state index in [0.29, 0.717) is 11.3 Å². The zero-order valence-electron chi connectivity index (χ0n) is 17.7. The van der Waals surface area contributed by atoms with E-state index in [1.54, 1.807) is 24.2 Å². The first kappa shape index (κ1) is 19.9. The van der Waals surface area contributed by atoms with Crippen LogP contribution in [0.2, 0.25) is 0 Å². The van der Waals surface area contributed by atoms with E-state index in [0.717, 1.165) is 52.8 Å². The third-order valence-corrected chi connectivity index (χ3v) is 5.77. The van der Waals surface area contributed by atoms with Crippen molar-refractivity contribution in [2.24, 2.45) is 0 Å². The molecule has 6 heteroatoms. The number of fused-ring (bicyclic) bond motifs is 2. The smallest absolute Gasteiger partial charge is 0.256 e. The zero-order valence-corrected chi connectivity index (χ0v) is 17.7. The standard InChI is InChI=1S/C26H22N4O2/c1-17(31)30-14-4-5-19-15-20(8-9-25(19)30)28-26(32)22-16-24(18-10-12-27-13-11-18)29-23-7-3-2-6-21(22)23/h2-3,6-13,15-16H,4-5,14H2,1H3,(H,28,32). The minimum atomic E-state index is -0.196. The van der Waals surface area contributed by atoms with Crippen molar-refractivity contribution in [1.82, 2.24) is 9.97 Å². The average Bonchev–Trinajstić information content (AvgIpc) is 2.83. The Kier molecular flexibility index (Phi) is 5.11. The van der Waals surface area contributed by atoms with Gasteiger partial charge in [0.05, 0.1) is 16.8 Å². The van der Waals surface area contributed by atoms with Crippen molar-refractivity contribution in [3.05, 3.63) is 84.2 Å². The van der Waals surface area contributed by atoms with Crippen molar-refractivity contribution in [2.45, 2.75) is 19.8 Å². The average molecular weight is 422 g/mol. The Bertz CT molecular complexity index is 1330. The van der Waals surface area contributed by atoms with Crippen molar-refractivity contribution in [3.63, 3.8) is 0 Å². The second kappa shape index (κ2) is 8.23. The minimum absolute atomic E-state index is 0.0367. The van der Waals surface area contributed by atoms with Crippen LogP contribution in [-0.4, -0.2) is 28.3 Å². The lowest BCUT2D eigenvalue weighted by atomic mass is 10.0. The summed E-state index contributed by atoms with van der Waals surface area (Å²) in [5.74, 6) is -0.160. The van der Waals surface area contributed by atoms with Crippen LogP contribution < -0.4 is 10.2 Å². The third-order valence-electron chi connectivity index (χ3n) is 5.77. The number of pyridine rings is 2. The molecular formula is C26H22N4O2. The van der Waals surface area contributed by atoms with Gasteiger partial charge in [0.25, 0.3) is 5.91 Å². The Hall–Kier alpha value is -4.06. The number of anilines is 2. The molecule has 0 saturated carbocycles. The van der Waals surface area contributed by atoms with Gasteiger partial charge in [0.15, 0.2) is 0 Å². The molecule has 0 spiro atoms. The number of carbonyl (C=O) groups is 2. The normalized spacial score (nSPS) is 13.0. The number of benzene rings is 2. The van der Waals surface area contributed by atoms with Gasteiger partial charge in [-0.1, -0.05) is 18.2 Å². The summed E-state index contributed by atoms with van der Waals surface area (Å²) in [6.45, 7) is 2.31. The second-order valence-electron chi connectivity index (χ2n) is 7.88. The maximum Gasteiger partial charge on any atom is 0.256 e. The predicted molar refractivity (Wildman–Crippen MR) is 126 cm³/mol. The van der Waals surface area contributed by atoms with Crippen LogP contribution in [0.3, 0.4) is 0 Å². The Morgan fingerprint density at radius 1 is 1.00 bits per heavy atom. The highest BCUT2D eigenvalue weighted by molar-refractivity contribution is 6.13. The topological polar surface area (TPSA) is 75.2 Å². The Morgan fingerprint density at radius 3 is 2.62 bits per heavy atom. The first-order valence-electron chi connectivity index (χ1n) is 10.6. The van der Waals surface area contributed by atoms with E-state index < -0.39 is 0 Å². The molecule has 1 aliphatic heterocycles. The van der Waals surface area contributed by atoms with Gasteiger partial charge in [-0.05, 0) is 60.9 Å². The number of nitrogens with one attached hydrogen (secondary N) is 1. The Balaban J connectivity index is 1.51. The molecule has 0 unspecified atom stereocenters. The maximum atomic E-state index is 13.3. The molecule has 0 atom stereocenters. The molecule has 2 aromatic carbocycles. The van der Waals surface area contributed by atoms with Crippen molar-refractivity contribution in [2.75, 3.05) is 16.8 Å². The lowest BCUT2D eigenvalue weighted by molar-refractivity contribution is -0.116. The summed E-state index contributed by atoms with van der Waals surface area (Å²) in [6.07, 6.45) is 5.22. The number of amides is 2. The molecule has 1 N–H and O–H groups in total. The first-order valence-corrected chi connectivity index (χ1v) is 10.6. The second-order valence-corrected chi connectivity index (χ2v) is 7.88. The lowest BCUT2D eigenvalue weighted by Crippen LogP contribution is -2.33. The molecule has 32 heavy (non-hydrogen) atoms. The molecular weight excluding hydrogens is 400 g/mol. The fraction of sp³-hybridized carbons (Fsp3) is 0.154. The van der Waals surface area contributed by atoms with Crippen LogP contribution in [0.15, 0.2) is 73.1 Å². The summed E-state index contributed by atoms with van der Waals surface area (Å²) < 4.78 is 0. The van der Waals surface area contributed by atoms with E-state index in [1.165, 1.54) is 0 Å². The van der Waals surface area contributed by atoms with E-state index >= 15 is 0 Å². The van der Waals surface area contributed by atoms with Gasteiger partial charge in [0.1, 0.15) is 0 Å². The predicted octanol–water partition coefficient (Wildman–Crippen LogP) is 4.85. The third kappa shape index (κ3) is 3.71. The van der Waals surface area contributed by atoms with Crippen LogP contribution in [0.25, 0.3) is 22.2 Å². The summed E-state index contributed by atoms with van der Waals surface area (Å²) in [6, 6.07) is 18.9. The highest BCUT2D eigenvalue weighted by Crippen LogP contribution is 2.31.